The number of imide groups is 1. The van der Waals surface area contributed by atoms with Gasteiger partial charge in [0.1, 0.15) is 17.9 Å². The normalized spacial score (nSPS) is 31.2. The van der Waals surface area contributed by atoms with Crippen molar-refractivity contribution < 1.29 is 19.3 Å². The predicted octanol–water partition coefficient (Wildman–Crippen LogP) is 1.76. The number of Topliss-reactive ketones (excluding diaryl/α,β-unsaturated/α-hetero) is 1. The van der Waals surface area contributed by atoms with Crippen molar-refractivity contribution >= 4 is 34.9 Å². The summed E-state index contributed by atoms with van der Waals surface area (Å²) in [6.45, 7) is 0.832. The Labute approximate surface area is 167 Å². The summed E-state index contributed by atoms with van der Waals surface area (Å²) in [7, 11) is 0. The van der Waals surface area contributed by atoms with Crippen LogP contribution in [0.4, 0.5) is 5.69 Å². The van der Waals surface area contributed by atoms with Gasteiger partial charge in [-0.25, -0.2) is 4.90 Å². The molecule has 2 aromatic carbocycles. The smallest absolute Gasteiger partial charge is 0.244 e. The highest BCUT2D eigenvalue weighted by Crippen LogP contribution is 2.40. The molecule has 0 aliphatic carbocycles. The van der Waals surface area contributed by atoms with Gasteiger partial charge < -0.3 is 4.90 Å². The van der Waals surface area contributed by atoms with E-state index in [9.17, 15) is 14.4 Å². The molecule has 3 aliphatic rings. The Balaban J connectivity index is 1.56. The van der Waals surface area contributed by atoms with Crippen molar-refractivity contribution in [3.63, 3.8) is 0 Å². The van der Waals surface area contributed by atoms with Crippen LogP contribution < -0.4 is 9.80 Å². The van der Waals surface area contributed by atoms with E-state index in [4.69, 9.17) is 11.6 Å². The van der Waals surface area contributed by atoms with Gasteiger partial charge in [0.2, 0.25) is 17.6 Å². The van der Waals surface area contributed by atoms with Crippen LogP contribution in [0.1, 0.15) is 23.2 Å². The van der Waals surface area contributed by atoms with E-state index in [1.54, 1.807) is 36.4 Å². The van der Waals surface area contributed by atoms with Crippen molar-refractivity contribution in [1.29, 1.82) is 0 Å². The fourth-order valence-corrected chi connectivity index (χ4v) is 5.58. The molecule has 5 rings (SSSR count). The van der Waals surface area contributed by atoms with Crippen LogP contribution >= 0.6 is 11.6 Å². The van der Waals surface area contributed by atoms with Crippen molar-refractivity contribution in [2.45, 2.75) is 24.9 Å². The molecule has 1 N–H and O–H groups in total. The molecule has 2 amide bonds. The first kappa shape index (κ1) is 17.6. The van der Waals surface area contributed by atoms with Crippen molar-refractivity contribution in [2.75, 3.05) is 11.4 Å². The molecule has 3 saturated heterocycles. The van der Waals surface area contributed by atoms with Crippen LogP contribution in [0.3, 0.4) is 0 Å². The maximum absolute atomic E-state index is 13.4. The van der Waals surface area contributed by atoms with Gasteiger partial charge in [0.05, 0.1) is 12.2 Å². The average molecular weight is 396 g/mol. The third-order valence-corrected chi connectivity index (χ3v) is 6.69. The number of ketones is 1. The molecular formula is C22H20ClN2O3+. The lowest BCUT2D eigenvalue weighted by Gasteiger charge is -2.25. The monoisotopic (exact) mass is 395 g/mol. The number of quaternary nitrogens is 1. The highest BCUT2D eigenvalue weighted by molar-refractivity contribution is 6.31. The highest BCUT2D eigenvalue weighted by atomic mass is 35.5. The summed E-state index contributed by atoms with van der Waals surface area (Å²) in [6, 6.07) is 15.4. The minimum absolute atomic E-state index is 0.0308. The average Bonchev–Trinajstić information content (AvgIpc) is 3.34. The SMILES string of the molecule is O=C(c1ccccc1)[C@H]1[C@@H]2C(=O)N(c3cccc(Cl)c3)C(=O)[C@@H]2[C@@H]2CCC[NH+]21. The predicted molar refractivity (Wildman–Crippen MR) is 104 cm³/mol. The van der Waals surface area contributed by atoms with Crippen LogP contribution in [0.25, 0.3) is 0 Å². The molecule has 3 aliphatic heterocycles. The fraction of sp³-hybridized carbons (Fsp3) is 0.318. The van der Waals surface area contributed by atoms with E-state index in [-0.39, 0.29) is 23.6 Å². The van der Waals surface area contributed by atoms with Crippen molar-refractivity contribution in [3.05, 3.63) is 65.2 Å². The number of hydrogen-bond donors (Lipinski definition) is 1. The summed E-state index contributed by atoms with van der Waals surface area (Å²) in [5, 5.41) is 0.472. The zero-order chi connectivity index (χ0) is 19.4. The fourth-order valence-electron chi connectivity index (χ4n) is 5.39. The van der Waals surface area contributed by atoms with E-state index in [0.717, 1.165) is 24.3 Å². The number of carbonyl (C=O) groups excluding carboxylic acids is 3. The van der Waals surface area contributed by atoms with E-state index in [1.165, 1.54) is 4.90 Å². The quantitative estimate of drug-likeness (QED) is 0.636. The van der Waals surface area contributed by atoms with Crippen molar-refractivity contribution in [2.24, 2.45) is 11.8 Å². The highest BCUT2D eigenvalue weighted by Gasteiger charge is 2.68. The number of carbonyl (C=O) groups is 3. The van der Waals surface area contributed by atoms with Gasteiger partial charge in [-0.3, -0.25) is 14.4 Å². The molecule has 0 radical (unpaired) electrons. The number of nitrogens with one attached hydrogen (secondary N) is 1. The van der Waals surface area contributed by atoms with Gasteiger partial charge in [-0.05, 0) is 18.2 Å². The lowest BCUT2D eigenvalue weighted by atomic mass is 9.85. The molecule has 0 aromatic heterocycles. The second-order valence-electron chi connectivity index (χ2n) is 7.82. The molecule has 5 nitrogen and oxygen atoms in total. The molecule has 3 heterocycles. The molecule has 0 saturated carbocycles. The first-order valence-corrected chi connectivity index (χ1v) is 10.0. The van der Waals surface area contributed by atoms with Crippen LogP contribution in [0.2, 0.25) is 5.02 Å². The van der Waals surface area contributed by atoms with Gasteiger partial charge >= 0.3 is 0 Å². The standard InChI is InChI=1S/C22H19ClN2O3/c23-14-8-4-9-15(12-14)25-21(27)17-16-10-5-11-24(16)19(18(17)22(25)28)20(26)13-6-2-1-3-7-13/h1-4,6-9,12,16-19H,5,10-11H2/p+1/t16-,17+,18+,19+/m0/s1. The maximum Gasteiger partial charge on any atom is 0.244 e. The van der Waals surface area contributed by atoms with E-state index < -0.39 is 17.9 Å². The lowest BCUT2D eigenvalue weighted by molar-refractivity contribution is -0.915. The van der Waals surface area contributed by atoms with Gasteiger partial charge in [0.25, 0.3) is 0 Å². The number of benzene rings is 2. The summed E-state index contributed by atoms with van der Waals surface area (Å²) >= 11 is 6.08. The maximum atomic E-state index is 13.4. The van der Waals surface area contributed by atoms with E-state index in [0.29, 0.717) is 16.3 Å². The Morgan fingerprint density at radius 2 is 1.75 bits per heavy atom. The number of anilines is 1. The summed E-state index contributed by atoms with van der Waals surface area (Å²) in [4.78, 5) is 42.4. The molecule has 28 heavy (non-hydrogen) atoms. The molecular weight excluding hydrogens is 376 g/mol. The number of hydrogen-bond acceptors (Lipinski definition) is 3. The van der Waals surface area contributed by atoms with Gasteiger partial charge in [-0.15, -0.1) is 0 Å². The molecule has 0 spiro atoms. The van der Waals surface area contributed by atoms with Crippen LogP contribution in [0.15, 0.2) is 54.6 Å². The molecule has 142 valence electrons. The zero-order valence-electron chi connectivity index (χ0n) is 15.2. The largest absolute Gasteiger partial charge is 0.322 e. The molecule has 6 heteroatoms. The molecule has 2 aromatic rings. The minimum atomic E-state index is -0.598. The summed E-state index contributed by atoms with van der Waals surface area (Å²) in [6.07, 6.45) is 1.85. The Morgan fingerprint density at radius 1 is 1.00 bits per heavy atom. The lowest BCUT2D eigenvalue weighted by Crippen LogP contribution is -3.16. The van der Waals surface area contributed by atoms with E-state index in [1.807, 2.05) is 18.2 Å². The minimum Gasteiger partial charge on any atom is -0.322 e. The molecule has 5 atom stereocenters. The van der Waals surface area contributed by atoms with Crippen LogP contribution in [0.5, 0.6) is 0 Å². The Hall–Kier alpha value is -2.50. The Kier molecular flexibility index (Phi) is 4.11. The number of halogens is 1. The topological polar surface area (TPSA) is 58.9 Å². The Morgan fingerprint density at radius 3 is 2.50 bits per heavy atom. The third kappa shape index (κ3) is 2.46. The number of rotatable bonds is 3. The molecule has 3 fully saturated rings. The van der Waals surface area contributed by atoms with Gasteiger partial charge in [0, 0.05) is 23.4 Å². The van der Waals surface area contributed by atoms with E-state index >= 15 is 0 Å². The summed E-state index contributed by atoms with van der Waals surface area (Å²) in [5.41, 5.74) is 1.09. The van der Waals surface area contributed by atoms with E-state index in [2.05, 4.69) is 0 Å². The van der Waals surface area contributed by atoms with Crippen LogP contribution in [-0.2, 0) is 9.59 Å². The number of fused-ring (bicyclic) bond motifs is 3. The van der Waals surface area contributed by atoms with Gasteiger partial charge in [-0.2, -0.15) is 0 Å². The van der Waals surface area contributed by atoms with Crippen LogP contribution in [-0.4, -0.2) is 36.2 Å². The first-order chi connectivity index (χ1) is 13.6. The summed E-state index contributed by atoms with van der Waals surface area (Å²) in [5.74, 6) is -1.52. The van der Waals surface area contributed by atoms with Crippen molar-refractivity contribution in [3.8, 4) is 0 Å². The third-order valence-electron chi connectivity index (χ3n) is 6.45. The van der Waals surface area contributed by atoms with Crippen LogP contribution in [0, 0.1) is 11.8 Å². The van der Waals surface area contributed by atoms with Crippen molar-refractivity contribution in [1.82, 2.24) is 0 Å². The van der Waals surface area contributed by atoms with Gasteiger partial charge in [0.15, 0.2) is 6.04 Å². The second-order valence-corrected chi connectivity index (χ2v) is 8.26. The number of amides is 2. The Bertz CT molecular complexity index is 977. The zero-order valence-corrected chi connectivity index (χ0v) is 15.9. The first-order valence-electron chi connectivity index (χ1n) is 9.66. The second kappa shape index (κ2) is 6.54. The van der Waals surface area contributed by atoms with Gasteiger partial charge in [-0.1, -0.05) is 48.0 Å². The molecule has 0 bridgehead atoms. The number of nitrogens with zero attached hydrogens (tertiary/aromatic N) is 1. The molecule has 1 unspecified atom stereocenters. The summed E-state index contributed by atoms with van der Waals surface area (Å²) < 4.78 is 0.